The third-order valence-electron chi connectivity index (χ3n) is 4.95. The van der Waals surface area contributed by atoms with Crippen molar-refractivity contribution in [3.63, 3.8) is 0 Å². The van der Waals surface area contributed by atoms with Crippen LogP contribution in [0.3, 0.4) is 0 Å². The first-order chi connectivity index (χ1) is 16.7. The van der Waals surface area contributed by atoms with Gasteiger partial charge in [0.2, 0.25) is 0 Å². The van der Waals surface area contributed by atoms with Crippen molar-refractivity contribution in [3.05, 3.63) is 120 Å². The summed E-state index contributed by atoms with van der Waals surface area (Å²) in [5, 5.41) is 8.49. The second-order valence-corrected chi connectivity index (χ2v) is 7.47. The summed E-state index contributed by atoms with van der Waals surface area (Å²) in [6, 6.07) is 27.1. The Bertz CT molecular complexity index is 1230. The molecule has 0 aliphatic rings. The number of nitrogens with zero attached hydrogens (tertiary/aromatic N) is 1. The van der Waals surface area contributed by atoms with E-state index >= 15 is 0 Å². The van der Waals surface area contributed by atoms with Crippen LogP contribution in [-0.2, 0) is 13.2 Å². The van der Waals surface area contributed by atoms with Gasteiger partial charge >= 0.3 is 6.03 Å². The lowest BCUT2D eigenvalue weighted by Gasteiger charge is -2.13. The molecule has 7 heteroatoms. The van der Waals surface area contributed by atoms with Crippen LogP contribution < -0.4 is 20.7 Å². The molecule has 3 amide bonds. The van der Waals surface area contributed by atoms with E-state index in [0.29, 0.717) is 35.8 Å². The van der Waals surface area contributed by atoms with Crippen LogP contribution in [0, 0.1) is 0 Å². The van der Waals surface area contributed by atoms with Crippen LogP contribution in [0.2, 0.25) is 0 Å². The van der Waals surface area contributed by atoms with E-state index in [-0.39, 0.29) is 11.9 Å². The van der Waals surface area contributed by atoms with Gasteiger partial charge in [0.25, 0.3) is 5.91 Å². The third-order valence-corrected chi connectivity index (χ3v) is 4.95. The number of urea groups is 1. The van der Waals surface area contributed by atoms with Gasteiger partial charge in [-0.3, -0.25) is 9.78 Å². The number of carbonyl (C=O) groups excluding carboxylic acids is 2. The van der Waals surface area contributed by atoms with Crippen molar-refractivity contribution >= 4 is 23.3 Å². The molecule has 3 N–H and O–H groups in total. The number of hydrogen-bond donors (Lipinski definition) is 3. The van der Waals surface area contributed by atoms with E-state index in [4.69, 9.17) is 4.74 Å². The molecule has 4 rings (SSSR count). The molecule has 0 unspecified atom stereocenters. The summed E-state index contributed by atoms with van der Waals surface area (Å²) in [5.41, 5.74) is 3.68. The number of anilines is 2. The van der Waals surface area contributed by atoms with E-state index in [9.17, 15) is 9.59 Å². The monoisotopic (exact) mass is 452 g/mol. The molecule has 0 spiro atoms. The van der Waals surface area contributed by atoms with Crippen LogP contribution in [0.25, 0.3) is 0 Å². The molecule has 0 atom stereocenters. The normalized spacial score (nSPS) is 10.2. The molecular weight excluding hydrogens is 428 g/mol. The number of nitrogens with one attached hydrogen (secondary N) is 3. The first-order valence-corrected chi connectivity index (χ1v) is 10.8. The lowest BCUT2D eigenvalue weighted by molar-refractivity contribution is 0.102. The van der Waals surface area contributed by atoms with Crippen molar-refractivity contribution in [3.8, 4) is 5.75 Å². The first-order valence-electron chi connectivity index (χ1n) is 10.8. The summed E-state index contributed by atoms with van der Waals surface area (Å²) in [7, 11) is 0. The fraction of sp³-hybridized carbons (Fsp3) is 0.0741. The number of benzene rings is 3. The summed E-state index contributed by atoms with van der Waals surface area (Å²) in [5.74, 6) is 0.373. The van der Waals surface area contributed by atoms with Gasteiger partial charge in [-0.15, -0.1) is 0 Å². The number of pyridine rings is 1. The van der Waals surface area contributed by atoms with E-state index in [1.54, 1.807) is 30.6 Å². The molecule has 170 valence electrons. The van der Waals surface area contributed by atoms with Gasteiger partial charge < -0.3 is 20.7 Å². The molecule has 34 heavy (non-hydrogen) atoms. The quantitative estimate of drug-likeness (QED) is 0.341. The van der Waals surface area contributed by atoms with Crippen LogP contribution >= 0.6 is 0 Å². The number of amides is 3. The molecule has 0 radical (unpaired) electrons. The number of carbonyl (C=O) groups is 2. The number of para-hydroxylation sites is 2. The number of hydrogen-bond acceptors (Lipinski definition) is 4. The van der Waals surface area contributed by atoms with Gasteiger partial charge in [0.05, 0.1) is 5.69 Å². The Hall–Kier alpha value is -4.65. The van der Waals surface area contributed by atoms with Crippen molar-refractivity contribution in [1.29, 1.82) is 0 Å². The topological polar surface area (TPSA) is 92.3 Å². The lowest BCUT2D eigenvalue weighted by Crippen LogP contribution is -2.28. The van der Waals surface area contributed by atoms with Gasteiger partial charge in [0.1, 0.15) is 12.4 Å². The maximum absolute atomic E-state index is 12.5. The Morgan fingerprint density at radius 1 is 0.765 bits per heavy atom. The summed E-state index contributed by atoms with van der Waals surface area (Å²) in [4.78, 5) is 28.6. The van der Waals surface area contributed by atoms with Crippen molar-refractivity contribution in [2.45, 2.75) is 13.2 Å². The van der Waals surface area contributed by atoms with Crippen molar-refractivity contribution < 1.29 is 14.3 Å². The standard InChI is InChI=1S/C27H24N4O3/c32-26(22-8-2-1-3-9-22)31-24-10-4-5-11-25(24)34-19-20-12-14-23(15-13-20)30-27(33)29-18-21-7-6-16-28-17-21/h1-17H,18-19H2,(H,31,32)(H2,29,30,33). The van der Waals surface area contributed by atoms with Gasteiger partial charge in [0, 0.05) is 30.2 Å². The van der Waals surface area contributed by atoms with Crippen LogP contribution in [-0.4, -0.2) is 16.9 Å². The molecule has 1 heterocycles. The summed E-state index contributed by atoms with van der Waals surface area (Å²) in [6.07, 6.45) is 3.40. The van der Waals surface area contributed by atoms with Gasteiger partial charge in [0.15, 0.2) is 0 Å². The van der Waals surface area contributed by atoms with Crippen LogP contribution in [0.1, 0.15) is 21.5 Å². The Balaban J connectivity index is 1.29. The van der Waals surface area contributed by atoms with Gasteiger partial charge in [-0.05, 0) is 53.6 Å². The minimum Gasteiger partial charge on any atom is -0.487 e. The Morgan fingerprint density at radius 2 is 1.53 bits per heavy atom. The highest BCUT2D eigenvalue weighted by Crippen LogP contribution is 2.25. The average Bonchev–Trinajstić information content (AvgIpc) is 2.89. The highest BCUT2D eigenvalue weighted by atomic mass is 16.5. The first kappa shape index (κ1) is 22.5. The minimum absolute atomic E-state index is 0.200. The summed E-state index contributed by atoms with van der Waals surface area (Å²) in [6.45, 7) is 0.706. The second kappa shape index (κ2) is 11.3. The number of rotatable bonds is 8. The van der Waals surface area contributed by atoms with Crippen LogP contribution in [0.5, 0.6) is 5.75 Å². The molecule has 0 fully saturated rings. The predicted octanol–water partition coefficient (Wildman–Crippen LogP) is 5.23. The largest absolute Gasteiger partial charge is 0.487 e. The summed E-state index contributed by atoms with van der Waals surface area (Å²) >= 11 is 0. The van der Waals surface area contributed by atoms with Gasteiger partial charge in [-0.2, -0.15) is 0 Å². The Labute approximate surface area is 197 Å². The maximum Gasteiger partial charge on any atom is 0.319 e. The Kier molecular flexibility index (Phi) is 7.48. The van der Waals surface area contributed by atoms with Gasteiger partial charge in [-0.1, -0.05) is 48.5 Å². The molecule has 0 saturated carbocycles. The number of aromatic nitrogens is 1. The van der Waals surface area contributed by atoms with Crippen LogP contribution in [0.4, 0.5) is 16.2 Å². The average molecular weight is 453 g/mol. The van der Waals surface area contributed by atoms with E-state index in [1.807, 2.05) is 72.8 Å². The second-order valence-electron chi connectivity index (χ2n) is 7.47. The Morgan fingerprint density at radius 3 is 2.29 bits per heavy atom. The summed E-state index contributed by atoms with van der Waals surface area (Å²) < 4.78 is 5.95. The van der Waals surface area contributed by atoms with Crippen molar-refractivity contribution in [1.82, 2.24) is 10.3 Å². The fourth-order valence-corrected chi connectivity index (χ4v) is 3.19. The van der Waals surface area contributed by atoms with E-state index in [1.165, 1.54) is 0 Å². The van der Waals surface area contributed by atoms with Gasteiger partial charge in [-0.25, -0.2) is 4.79 Å². The van der Waals surface area contributed by atoms with E-state index in [2.05, 4.69) is 20.9 Å². The minimum atomic E-state index is -0.295. The maximum atomic E-state index is 12.5. The predicted molar refractivity (Wildman–Crippen MR) is 132 cm³/mol. The molecule has 0 bridgehead atoms. The fourth-order valence-electron chi connectivity index (χ4n) is 3.19. The SMILES string of the molecule is O=C(NCc1cccnc1)Nc1ccc(COc2ccccc2NC(=O)c2ccccc2)cc1. The molecule has 4 aromatic rings. The molecule has 0 aliphatic heterocycles. The molecule has 7 nitrogen and oxygen atoms in total. The molecule has 0 aliphatic carbocycles. The zero-order valence-corrected chi connectivity index (χ0v) is 18.4. The molecule has 3 aromatic carbocycles. The molecular formula is C27H24N4O3. The lowest BCUT2D eigenvalue weighted by atomic mass is 10.2. The van der Waals surface area contributed by atoms with Crippen molar-refractivity contribution in [2.75, 3.05) is 10.6 Å². The smallest absolute Gasteiger partial charge is 0.319 e. The molecule has 0 saturated heterocycles. The van der Waals surface area contributed by atoms with Crippen LogP contribution in [0.15, 0.2) is 103 Å². The highest BCUT2D eigenvalue weighted by molar-refractivity contribution is 6.05. The third kappa shape index (κ3) is 6.43. The van der Waals surface area contributed by atoms with E-state index in [0.717, 1.165) is 11.1 Å². The number of ether oxygens (including phenoxy) is 1. The highest BCUT2D eigenvalue weighted by Gasteiger charge is 2.10. The zero-order chi connectivity index (χ0) is 23.6. The van der Waals surface area contributed by atoms with Crippen molar-refractivity contribution in [2.24, 2.45) is 0 Å². The van der Waals surface area contributed by atoms with E-state index < -0.39 is 0 Å². The molecule has 1 aromatic heterocycles. The zero-order valence-electron chi connectivity index (χ0n) is 18.4.